The molecule has 1 aliphatic heterocycles. The summed E-state index contributed by atoms with van der Waals surface area (Å²) in [6.07, 6.45) is 0.949. The lowest BCUT2D eigenvalue weighted by Gasteiger charge is -2.18. The number of hydrogen-bond acceptors (Lipinski definition) is 3. The first-order valence-corrected chi connectivity index (χ1v) is 6.63. The highest BCUT2D eigenvalue weighted by Gasteiger charge is 2.30. The first-order chi connectivity index (χ1) is 7.68. The molecule has 0 bridgehead atoms. The van der Waals surface area contributed by atoms with Crippen LogP contribution in [0, 0.1) is 5.92 Å². The van der Waals surface area contributed by atoms with Gasteiger partial charge >= 0.3 is 0 Å². The number of rotatable bonds is 3. The molecule has 0 saturated carbocycles. The Bertz CT molecular complexity index is 350. The van der Waals surface area contributed by atoms with Crippen LogP contribution >= 0.6 is 11.3 Å². The third kappa shape index (κ3) is 2.44. The van der Waals surface area contributed by atoms with Crippen molar-refractivity contribution in [2.24, 2.45) is 5.92 Å². The van der Waals surface area contributed by atoms with Gasteiger partial charge in [0.15, 0.2) is 0 Å². The molecule has 1 amide bonds. The van der Waals surface area contributed by atoms with Crippen molar-refractivity contribution in [2.75, 3.05) is 6.54 Å². The summed E-state index contributed by atoms with van der Waals surface area (Å²) < 4.78 is 0. The SMILES string of the molecule is CC1NCCC1C(=O)N[C@H](C)c1cccs1. The van der Waals surface area contributed by atoms with Crippen molar-refractivity contribution in [1.29, 1.82) is 0 Å². The molecular formula is C12H18N2OS. The van der Waals surface area contributed by atoms with Crippen molar-refractivity contribution >= 4 is 17.2 Å². The predicted molar refractivity (Wildman–Crippen MR) is 66.4 cm³/mol. The Morgan fingerprint density at radius 1 is 1.69 bits per heavy atom. The maximum Gasteiger partial charge on any atom is 0.225 e. The lowest BCUT2D eigenvalue weighted by Crippen LogP contribution is -2.37. The third-order valence-electron chi connectivity index (χ3n) is 3.19. The Morgan fingerprint density at radius 2 is 2.50 bits per heavy atom. The molecule has 1 fully saturated rings. The summed E-state index contributed by atoms with van der Waals surface area (Å²) >= 11 is 1.69. The molecule has 3 atom stereocenters. The minimum Gasteiger partial charge on any atom is -0.348 e. The van der Waals surface area contributed by atoms with Crippen molar-refractivity contribution in [2.45, 2.75) is 32.4 Å². The van der Waals surface area contributed by atoms with E-state index in [2.05, 4.69) is 23.6 Å². The smallest absolute Gasteiger partial charge is 0.225 e. The van der Waals surface area contributed by atoms with Crippen LogP contribution in [0.15, 0.2) is 17.5 Å². The second-order valence-corrected chi connectivity index (χ2v) is 5.36. The van der Waals surface area contributed by atoms with Crippen LogP contribution in [-0.2, 0) is 4.79 Å². The summed E-state index contributed by atoms with van der Waals surface area (Å²) in [5, 5.41) is 8.43. The van der Waals surface area contributed by atoms with Crippen molar-refractivity contribution in [3.05, 3.63) is 22.4 Å². The fraction of sp³-hybridized carbons (Fsp3) is 0.583. The lowest BCUT2D eigenvalue weighted by atomic mass is 10.0. The van der Waals surface area contributed by atoms with E-state index in [-0.39, 0.29) is 17.9 Å². The van der Waals surface area contributed by atoms with Gasteiger partial charge in [0.25, 0.3) is 0 Å². The monoisotopic (exact) mass is 238 g/mol. The van der Waals surface area contributed by atoms with E-state index in [0.29, 0.717) is 6.04 Å². The number of thiophene rings is 1. The number of carbonyl (C=O) groups excluding carboxylic acids is 1. The maximum atomic E-state index is 12.0. The van der Waals surface area contributed by atoms with Gasteiger partial charge in [-0.25, -0.2) is 0 Å². The molecule has 2 heterocycles. The van der Waals surface area contributed by atoms with E-state index >= 15 is 0 Å². The van der Waals surface area contributed by atoms with Crippen LogP contribution in [0.3, 0.4) is 0 Å². The van der Waals surface area contributed by atoms with Gasteiger partial charge in [0.05, 0.1) is 12.0 Å². The van der Waals surface area contributed by atoms with E-state index < -0.39 is 0 Å². The third-order valence-corrected chi connectivity index (χ3v) is 4.25. The topological polar surface area (TPSA) is 41.1 Å². The van der Waals surface area contributed by atoms with Crippen LogP contribution in [0.1, 0.15) is 31.2 Å². The van der Waals surface area contributed by atoms with Crippen LogP contribution in [-0.4, -0.2) is 18.5 Å². The summed E-state index contributed by atoms with van der Waals surface area (Å²) in [5.74, 6) is 0.306. The van der Waals surface area contributed by atoms with E-state index in [9.17, 15) is 4.79 Å². The zero-order valence-corrected chi connectivity index (χ0v) is 10.5. The number of hydrogen-bond donors (Lipinski definition) is 2. The molecular weight excluding hydrogens is 220 g/mol. The molecule has 2 N–H and O–H groups in total. The Balaban J connectivity index is 1.92. The fourth-order valence-corrected chi connectivity index (χ4v) is 2.88. The van der Waals surface area contributed by atoms with Crippen molar-refractivity contribution < 1.29 is 4.79 Å². The van der Waals surface area contributed by atoms with Crippen LogP contribution in [0.25, 0.3) is 0 Å². The van der Waals surface area contributed by atoms with E-state index in [4.69, 9.17) is 0 Å². The molecule has 2 rings (SSSR count). The van der Waals surface area contributed by atoms with Gasteiger partial charge in [0.1, 0.15) is 0 Å². The Labute approximate surface area is 100 Å². The van der Waals surface area contributed by atoms with Gasteiger partial charge in [-0.3, -0.25) is 4.79 Å². The predicted octanol–water partition coefficient (Wildman–Crippen LogP) is 1.92. The molecule has 3 nitrogen and oxygen atoms in total. The summed E-state index contributed by atoms with van der Waals surface area (Å²) in [5.41, 5.74) is 0. The summed E-state index contributed by atoms with van der Waals surface area (Å²) in [6.45, 7) is 5.07. The first-order valence-electron chi connectivity index (χ1n) is 5.75. The molecule has 1 aromatic rings. The Kier molecular flexibility index (Phi) is 3.61. The van der Waals surface area contributed by atoms with Crippen molar-refractivity contribution in [3.63, 3.8) is 0 Å². The van der Waals surface area contributed by atoms with Gasteiger partial charge in [-0.2, -0.15) is 0 Å². The standard InChI is InChI=1S/C12H18N2OS/c1-8-10(5-6-13-8)12(15)14-9(2)11-4-3-7-16-11/h3-4,7-10,13H,5-6H2,1-2H3,(H,14,15)/t8?,9-,10?/m1/s1. The van der Waals surface area contributed by atoms with Gasteiger partial charge in [-0.05, 0) is 38.3 Å². The average molecular weight is 238 g/mol. The number of amides is 1. The molecule has 0 aliphatic carbocycles. The minimum atomic E-state index is 0.125. The van der Waals surface area contributed by atoms with Gasteiger partial charge in [0.2, 0.25) is 5.91 Å². The van der Waals surface area contributed by atoms with Crippen molar-refractivity contribution in [1.82, 2.24) is 10.6 Å². The molecule has 2 unspecified atom stereocenters. The van der Waals surface area contributed by atoms with E-state index in [1.165, 1.54) is 4.88 Å². The quantitative estimate of drug-likeness (QED) is 0.844. The van der Waals surface area contributed by atoms with Crippen LogP contribution in [0.5, 0.6) is 0 Å². The number of nitrogens with one attached hydrogen (secondary N) is 2. The number of carbonyl (C=O) groups is 1. The molecule has 1 aromatic heterocycles. The molecule has 1 aliphatic rings. The van der Waals surface area contributed by atoms with E-state index in [1.54, 1.807) is 11.3 Å². The molecule has 1 saturated heterocycles. The van der Waals surface area contributed by atoms with Crippen LogP contribution in [0.2, 0.25) is 0 Å². The van der Waals surface area contributed by atoms with E-state index in [0.717, 1.165) is 13.0 Å². The Hall–Kier alpha value is -0.870. The zero-order chi connectivity index (χ0) is 11.5. The van der Waals surface area contributed by atoms with Gasteiger partial charge in [-0.1, -0.05) is 6.07 Å². The molecule has 88 valence electrons. The highest BCUT2D eigenvalue weighted by Crippen LogP contribution is 2.21. The van der Waals surface area contributed by atoms with Crippen LogP contribution < -0.4 is 10.6 Å². The normalized spacial score (nSPS) is 26.6. The Morgan fingerprint density at radius 3 is 3.06 bits per heavy atom. The highest BCUT2D eigenvalue weighted by molar-refractivity contribution is 7.10. The first kappa shape index (κ1) is 11.6. The summed E-state index contributed by atoms with van der Waals surface area (Å²) in [4.78, 5) is 13.2. The van der Waals surface area contributed by atoms with Crippen LogP contribution in [0.4, 0.5) is 0 Å². The summed E-state index contributed by atoms with van der Waals surface area (Å²) in [6, 6.07) is 4.50. The lowest BCUT2D eigenvalue weighted by molar-refractivity contribution is -0.125. The van der Waals surface area contributed by atoms with E-state index in [1.807, 2.05) is 18.4 Å². The second kappa shape index (κ2) is 4.97. The molecule has 4 heteroatoms. The maximum absolute atomic E-state index is 12.0. The van der Waals surface area contributed by atoms with Crippen molar-refractivity contribution in [3.8, 4) is 0 Å². The summed E-state index contributed by atoms with van der Waals surface area (Å²) in [7, 11) is 0. The van der Waals surface area contributed by atoms with Gasteiger partial charge < -0.3 is 10.6 Å². The zero-order valence-electron chi connectivity index (χ0n) is 9.69. The molecule has 0 radical (unpaired) electrons. The second-order valence-electron chi connectivity index (χ2n) is 4.38. The molecule has 0 spiro atoms. The molecule has 16 heavy (non-hydrogen) atoms. The largest absolute Gasteiger partial charge is 0.348 e. The highest BCUT2D eigenvalue weighted by atomic mass is 32.1. The van der Waals surface area contributed by atoms with Gasteiger partial charge in [-0.15, -0.1) is 11.3 Å². The van der Waals surface area contributed by atoms with Gasteiger partial charge in [0, 0.05) is 10.9 Å². The minimum absolute atomic E-state index is 0.125. The molecule has 0 aromatic carbocycles. The average Bonchev–Trinajstić information content (AvgIpc) is 2.86. The fourth-order valence-electron chi connectivity index (χ4n) is 2.15.